The van der Waals surface area contributed by atoms with Gasteiger partial charge in [0.1, 0.15) is 5.60 Å². The molecule has 0 unspecified atom stereocenters. The number of unbranched alkanes of at least 4 members (excludes halogenated alkanes) is 3. The van der Waals surface area contributed by atoms with Crippen molar-refractivity contribution in [3.05, 3.63) is 0 Å². The molecular formula is C17H31BrO4. The molecule has 2 atom stereocenters. The summed E-state index contributed by atoms with van der Waals surface area (Å²) in [7, 11) is 0. The van der Waals surface area contributed by atoms with Crippen molar-refractivity contribution in [3.8, 4) is 0 Å². The second-order valence-corrected chi connectivity index (χ2v) is 7.56. The average molecular weight is 379 g/mol. The predicted octanol–water partition coefficient (Wildman–Crippen LogP) is 4.79. The van der Waals surface area contributed by atoms with Gasteiger partial charge in [0.25, 0.3) is 0 Å². The number of esters is 1. The third kappa shape index (κ3) is 9.44. The molecular weight excluding hydrogens is 348 g/mol. The van der Waals surface area contributed by atoms with Gasteiger partial charge in [-0.2, -0.15) is 0 Å². The number of hydrogen-bond donors (Lipinski definition) is 1. The largest absolute Gasteiger partial charge is 0.481 e. The zero-order valence-corrected chi connectivity index (χ0v) is 15.9. The lowest BCUT2D eigenvalue weighted by Crippen LogP contribution is -2.35. The summed E-state index contributed by atoms with van der Waals surface area (Å²) in [6.45, 7) is 7.55. The minimum absolute atomic E-state index is 0.378. The highest BCUT2D eigenvalue weighted by Crippen LogP contribution is 2.27. The number of carboxylic acids is 1. The highest BCUT2D eigenvalue weighted by Gasteiger charge is 2.35. The lowest BCUT2D eigenvalue weighted by atomic mass is 9.84. The van der Waals surface area contributed by atoms with Crippen LogP contribution in [-0.4, -0.2) is 28.0 Å². The molecule has 0 saturated carbocycles. The van der Waals surface area contributed by atoms with E-state index in [1.807, 2.05) is 20.8 Å². The number of ether oxygens (including phenoxy) is 1. The summed E-state index contributed by atoms with van der Waals surface area (Å²) in [5.74, 6) is -2.47. The molecule has 0 aliphatic carbocycles. The van der Waals surface area contributed by atoms with Gasteiger partial charge in [0.15, 0.2) is 0 Å². The number of halogens is 1. The molecule has 0 aromatic carbocycles. The standard InChI is InChI=1S/C17H31BrO4/c1-5-6-7-8-10-13(15(19)20)14(11-9-12-18)16(21)22-17(2,3)4/h13-14H,5-12H2,1-4H3,(H,19,20)/t13-,14+/m1/s1. The maximum absolute atomic E-state index is 12.4. The normalized spacial score (nSPS) is 14.4. The molecule has 130 valence electrons. The minimum Gasteiger partial charge on any atom is -0.481 e. The van der Waals surface area contributed by atoms with Crippen LogP contribution >= 0.6 is 15.9 Å². The summed E-state index contributed by atoms with van der Waals surface area (Å²) in [5.41, 5.74) is -0.588. The van der Waals surface area contributed by atoms with Crippen molar-refractivity contribution in [2.24, 2.45) is 11.8 Å². The van der Waals surface area contributed by atoms with Gasteiger partial charge < -0.3 is 9.84 Å². The third-order valence-corrected chi connectivity index (χ3v) is 4.09. The Morgan fingerprint density at radius 3 is 2.09 bits per heavy atom. The lowest BCUT2D eigenvalue weighted by molar-refractivity contribution is -0.167. The number of alkyl halides is 1. The predicted molar refractivity (Wildman–Crippen MR) is 92.2 cm³/mol. The Morgan fingerprint density at radius 1 is 1.05 bits per heavy atom. The molecule has 0 bridgehead atoms. The van der Waals surface area contributed by atoms with Crippen molar-refractivity contribution in [1.29, 1.82) is 0 Å². The van der Waals surface area contributed by atoms with Crippen LogP contribution in [0.1, 0.15) is 72.6 Å². The Bertz CT molecular complexity index is 336. The summed E-state index contributed by atoms with van der Waals surface area (Å²) in [6.07, 6.45) is 5.93. The van der Waals surface area contributed by atoms with E-state index < -0.39 is 23.4 Å². The van der Waals surface area contributed by atoms with Crippen LogP contribution in [-0.2, 0) is 14.3 Å². The number of carbonyl (C=O) groups excluding carboxylic acids is 1. The Labute approximate surface area is 143 Å². The second kappa shape index (κ2) is 11.0. The molecule has 0 aliphatic heterocycles. The van der Waals surface area contributed by atoms with Crippen LogP contribution in [0.3, 0.4) is 0 Å². The Morgan fingerprint density at radius 2 is 1.64 bits per heavy atom. The summed E-state index contributed by atoms with van der Waals surface area (Å²) >= 11 is 3.35. The first-order chi connectivity index (χ1) is 10.2. The van der Waals surface area contributed by atoms with Crippen molar-refractivity contribution >= 4 is 27.9 Å². The molecule has 1 N–H and O–H groups in total. The van der Waals surface area contributed by atoms with Crippen molar-refractivity contribution in [2.75, 3.05) is 5.33 Å². The quantitative estimate of drug-likeness (QED) is 0.318. The number of aliphatic carboxylic acids is 1. The third-order valence-electron chi connectivity index (χ3n) is 3.53. The fourth-order valence-corrected chi connectivity index (χ4v) is 2.77. The lowest BCUT2D eigenvalue weighted by Gasteiger charge is -2.27. The molecule has 4 nitrogen and oxygen atoms in total. The smallest absolute Gasteiger partial charge is 0.310 e. The van der Waals surface area contributed by atoms with Gasteiger partial charge in [-0.25, -0.2) is 0 Å². The Balaban J connectivity index is 4.89. The van der Waals surface area contributed by atoms with Gasteiger partial charge in [-0.1, -0.05) is 48.5 Å². The molecule has 0 heterocycles. The summed E-state index contributed by atoms with van der Waals surface area (Å²) in [5, 5.41) is 10.3. The van der Waals surface area contributed by atoms with Crippen molar-refractivity contribution in [1.82, 2.24) is 0 Å². The van der Waals surface area contributed by atoms with E-state index in [-0.39, 0.29) is 5.97 Å². The van der Waals surface area contributed by atoms with Gasteiger partial charge in [0.05, 0.1) is 11.8 Å². The van der Waals surface area contributed by atoms with Crippen molar-refractivity contribution in [2.45, 2.75) is 78.2 Å². The van der Waals surface area contributed by atoms with Crippen LogP contribution in [0.5, 0.6) is 0 Å². The average Bonchev–Trinajstić information content (AvgIpc) is 2.39. The van der Waals surface area contributed by atoms with Crippen molar-refractivity contribution in [3.63, 3.8) is 0 Å². The fourth-order valence-electron chi connectivity index (χ4n) is 2.45. The first kappa shape index (κ1) is 21.4. The van der Waals surface area contributed by atoms with E-state index in [0.717, 1.165) is 37.4 Å². The van der Waals surface area contributed by atoms with Gasteiger partial charge >= 0.3 is 11.9 Å². The highest BCUT2D eigenvalue weighted by atomic mass is 79.9. The molecule has 0 aromatic rings. The van der Waals surface area contributed by atoms with Gasteiger partial charge in [0, 0.05) is 5.33 Å². The molecule has 0 saturated heterocycles. The van der Waals surface area contributed by atoms with Gasteiger partial charge in [0.2, 0.25) is 0 Å². The zero-order chi connectivity index (χ0) is 17.2. The van der Waals surface area contributed by atoms with E-state index in [1.54, 1.807) is 0 Å². The number of carboxylic acid groups (broad SMARTS) is 1. The van der Waals surface area contributed by atoms with Gasteiger partial charge in [-0.05, 0) is 40.0 Å². The Hall–Kier alpha value is -0.580. The van der Waals surface area contributed by atoms with E-state index in [1.165, 1.54) is 0 Å². The molecule has 0 spiro atoms. The van der Waals surface area contributed by atoms with E-state index in [4.69, 9.17) is 4.74 Å². The number of hydrogen-bond acceptors (Lipinski definition) is 3. The highest BCUT2D eigenvalue weighted by molar-refractivity contribution is 9.09. The van der Waals surface area contributed by atoms with E-state index in [9.17, 15) is 14.7 Å². The maximum atomic E-state index is 12.4. The fraction of sp³-hybridized carbons (Fsp3) is 0.882. The molecule has 0 amide bonds. The van der Waals surface area contributed by atoms with E-state index >= 15 is 0 Å². The zero-order valence-electron chi connectivity index (χ0n) is 14.4. The van der Waals surface area contributed by atoms with Gasteiger partial charge in [-0.15, -0.1) is 0 Å². The van der Waals surface area contributed by atoms with Crippen LogP contribution in [0.2, 0.25) is 0 Å². The molecule has 0 fully saturated rings. The summed E-state index contributed by atoms with van der Waals surface area (Å²) in [4.78, 5) is 24.0. The van der Waals surface area contributed by atoms with Crippen LogP contribution < -0.4 is 0 Å². The van der Waals surface area contributed by atoms with E-state index in [0.29, 0.717) is 12.8 Å². The first-order valence-corrected chi connectivity index (χ1v) is 9.36. The van der Waals surface area contributed by atoms with Crippen LogP contribution in [0.4, 0.5) is 0 Å². The van der Waals surface area contributed by atoms with Gasteiger partial charge in [-0.3, -0.25) is 9.59 Å². The molecule has 0 aliphatic rings. The Kier molecular flexibility index (Phi) is 10.7. The van der Waals surface area contributed by atoms with Crippen LogP contribution in [0.25, 0.3) is 0 Å². The maximum Gasteiger partial charge on any atom is 0.310 e. The number of carbonyl (C=O) groups is 2. The molecule has 5 heteroatoms. The first-order valence-electron chi connectivity index (χ1n) is 8.24. The number of rotatable bonds is 11. The molecule has 0 aromatic heterocycles. The monoisotopic (exact) mass is 378 g/mol. The van der Waals surface area contributed by atoms with Crippen LogP contribution in [0, 0.1) is 11.8 Å². The topological polar surface area (TPSA) is 63.6 Å². The molecule has 0 rings (SSSR count). The van der Waals surface area contributed by atoms with Crippen LogP contribution in [0.15, 0.2) is 0 Å². The van der Waals surface area contributed by atoms with Crippen molar-refractivity contribution < 1.29 is 19.4 Å². The SMILES string of the molecule is CCCCCC[C@@H](C(=O)O)[C@H](CCCBr)C(=O)OC(C)(C)C. The second-order valence-electron chi connectivity index (χ2n) is 6.77. The summed E-state index contributed by atoms with van der Waals surface area (Å²) in [6, 6.07) is 0. The summed E-state index contributed by atoms with van der Waals surface area (Å²) < 4.78 is 5.44. The molecule has 22 heavy (non-hydrogen) atoms. The minimum atomic E-state index is -0.887. The molecule has 0 radical (unpaired) electrons. The van der Waals surface area contributed by atoms with E-state index in [2.05, 4.69) is 22.9 Å².